The van der Waals surface area contributed by atoms with E-state index in [0.29, 0.717) is 18.4 Å². The van der Waals surface area contributed by atoms with Gasteiger partial charge in [-0.1, -0.05) is 0 Å². The zero-order valence-corrected chi connectivity index (χ0v) is 10.4. The van der Waals surface area contributed by atoms with Gasteiger partial charge >= 0.3 is 0 Å². The molecule has 0 spiro atoms. The van der Waals surface area contributed by atoms with E-state index in [1.807, 2.05) is 0 Å². The Morgan fingerprint density at radius 1 is 1.33 bits per heavy atom. The average molecular weight is 247 g/mol. The summed E-state index contributed by atoms with van der Waals surface area (Å²) >= 11 is 0. The van der Waals surface area contributed by atoms with Crippen LogP contribution in [0.2, 0.25) is 0 Å². The lowest BCUT2D eigenvalue weighted by Crippen LogP contribution is -2.38. The maximum Gasteiger partial charge on any atom is 0.251 e. The predicted molar refractivity (Wildman–Crippen MR) is 67.7 cm³/mol. The zero-order chi connectivity index (χ0) is 13.0. The van der Waals surface area contributed by atoms with Crippen LogP contribution in [0.5, 0.6) is 5.75 Å². The molecule has 0 bridgehead atoms. The van der Waals surface area contributed by atoms with Crippen molar-refractivity contribution in [2.24, 2.45) is 0 Å². The molecule has 96 valence electrons. The van der Waals surface area contributed by atoms with E-state index < -0.39 is 0 Å². The van der Waals surface area contributed by atoms with Gasteiger partial charge in [-0.2, -0.15) is 0 Å². The van der Waals surface area contributed by atoms with E-state index in [0.717, 1.165) is 18.6 Å². The van der Waals surface area contributed by atoms with Crippen LogP contribution in [0.15, 0.2) is 24.3 Å². The summed E-state index contributed by atoms with van der Waals surface area (Å²) in [6, 6.07) is 6.93. The fourth-order valence-electron chi connectivity index (χ4n) is 2.16. The number of carbonyl (C=O) groups excluding carboxylic acids is 2. The number of rotatable bonds is 3. The summed E-state index contributed by atoms with van der Waals surface area (Å²) in [5.74, 6) is 0.832. The number of hydrogen-bond donors (Lipinski definition) is 1. The van der Waals surface area contributed by atoms with E-state index in [2.05, 4.69) is 5.32 Å². The molecular formula is C14H17NO3. The maximum absolute atomic E-state index is 12.0. The number of Topliss-reactive ketones (excluding diaryl/α,β-unsaturated/α-hetero) is 1. The summed E-state index contributed by atoms with van der Waals surface area (Å²) in [6.07, 6.45) is 2.86. The highest BCUT2D eigenvalue weighted by atomic mass is 16.5. The predicted octanol–water partition coefficient (Wildman–Crippen LogP) is 1.94. The number of ketones is 1. The molecule has 1 fully saturated rings. The van der Waals surface area contributed by atoms with Crippen LogP contribution < -0.4 is 10.1 Å². The zero-order valence-electron chi connectivity index (χ0n) is 10.4. The molecule has 1 aromatic rings. The quantitative estimate of drug-likeness (QED) is 0.888. The second-order valence-electron chi connectivity index (χ2n) is 4.53. The number of nitrogens with one attached hydrogen (secondary N) is 1. The van der Waals surface area contributed by atoms with Crippen molar-refractivity contribution in [3.8, 4) is 5.75 Å². The second kappa shape index (κ2) is 5.67. The summed E-state index contributed by atoms with van der Waals surface area (Å²) in [6.45, 7) is 0. The topological polar surface area (TPSA) is 55.4 Å². The van der Waals surface area contributed by atoms with Crippen molar-refractivity contribution in [2.75, 3.05) is 7.11 Å². The van der Waals surface area contributed by atoms with E-state index in [9.17, 15) is 9.59 Å². The SMILES string of the molecule is COc1ccc(C(=O)NC2CCCC(=O)C2)cc1. The maximum atomic E-state index is 12.0. The van der Waals surface area contributed by atoms with Crippen molar-refractivity contribution in [2.45, 2.75) is 31.7 Å². The third-order valence-electron chi connectivity index (χ3n) is 3.17. The van der Waals surface area contributed by atoms with E-state index in [1.165, 1.54) is 0 Å². The van der Waals surface area contributed by atoms with Crippen molar-refractivity contribution in [1.29, 1.82) is 0 Å². The lowest BCUT2D eigenvalue weighted by Gasteiger charge is -2.22. The van der Waals surface area contributed by atoms with Gasteiger partial charge in [-0.3, -0.25) is 9.59 Å². The molecule has 0 aromatic heterocycles. The molecule has 18 heavy (non-hydrogen) atoms. The standard InChI is InChI=1S/C14H17NO3/c1-18-13-7-5-10(6-8-13)14(17)15-11-3-2-4-12(16)9-11/h5-8,11H,2-4,9H2,1H3,(H,15,17). The molecule has 1 saturated carbocycles. The lowest BCUT2D eigenvalue weighted by molar-refractivity contribution is -0.120. The Morgan fingerprint density at radius 3 is 2.67 bits per heavy atom. The Balaban J connectivity index is 1.96. The van der Waals surface area contributed by atoms with Gasteiger partial charge in [0.05, 0.1) is 7.11 Å². The summed E-state index contributed by atoms with van der Waals surface area (Å²) in [4.78, 5) is 23.3. The number of carbonyl (C=O) groups is 2. The van der Waals surface area contributed by atoms with E-state index in [1.54, 1.807) is 31.4 Å². The Labute approximate surface area is 106 Å². The van der Waals surface area contributed by atoms with E-state index in [-0.39, 0.29) is 17.7 Å². The Hall–Kier alpha value is -1.84. The fraction of sp³-hybridized carbons (Fsp3) is 0.429. The third-order valence-corrected chi connectivity index (χ3v) is 3.17. The molecule has 1 aliphatic carbocycles. The van der Waals surface area contributed by atoms with Crippen LogP contribution in [0.1, 0.15) is 36.0 Å². The van der Waals surface area contributed by atoms with Gasteiger partial charge < -0.3 is 10.1 Å². The first-order chi connectivity index (χ1) is 8.69. The van der Waals surface area contributed by atoms with Gasteiger partial charge in [-0.15, -0.1) is 0 Å². The summed E-state index contributed by atoms with van der Waals surface area (Å²) in [7, 11) is 1.59. The lowest BCUT2D eigenvalue weighted by atomic mass is 9.94. The molecule has 0 saturated heterocycles. The molecule has 1 aromatic carbocycles. The number of hydrogen-bond acceptors (Lipinski definition) is 3. The molecule has 4 nitrogen and oxygen atoms in total. The van der Waals surface area contributed by atoms with Crippen LogP contribution in [-0.2, 0) is 4.79 Å². The molecule has 0 aliphatic heterocycles. The Morgan fingerprint density at radius 2 is 2.06 bits per heavy atom. The second-order valence-corrected chi connectivity index (χ2v) is 4.53. The van der Waals surface area contributed by atoms with Gasteiger partial charge in [0.1, 0.15) is 11.5 Å². The highest BCUT2D eigenvalue weighted by Gasteiger charge is 2.21. The molecule has 0 heterocycles. The smallest absolute Gasteiger partial charge is 0.251 e. The Bertz CT molecular complexity index is 439. The molecule has 1 atom stereocenters. The highest BCUT2D eigenvalue weighted by Crippen LogP contribution is 2.16. The van der Waals surface area contributed by atoms with Crippen LogP contribution in [-0.4, -0.2) is 24.8 Å². The first-order valence-electron chi connectivity index (χ1n) is 6.15. The Kier molecular flexibility index (Phi) is 3.97. The summed E-state index contributed by atoms with van der Waals surface area (Å²) in [5.41, 5.74) is 0.592. The minimum atomic E-state index is -0.127. The van der Waals surface area contributed by atoms with Crippen LogP contribution in [0.25, 0.3) is 0 Å². The van der Waals surface area contributed by atoms with Gasteiger partial charge in [0.15, 0.2) is 0 Å². The minimum absolute atomic E-state index is 0.0131. The van der Waals surface area contributed by atoms with Crippen molar-refractivity contribution in [1.82, 2.24) is 5.32 Å². The summed E-state index contributed by atoms with van der Waals surface area (Å²) in [5, 5.41) is 2.90. The molecule has 0 radical (unpaired) electrons. The molecule has 1 N–H and O–H groups in total. The van der Waals surface area contributed by atoms with Crippen molar-refractivity contribution in [3.63, 3.8) is 0 Å². The van der Waals surface area contributed by atoms with Crippen LogP contribution >= 0.6 is 0 Å². The van der Waals surface area contributed by atoms with Gasteiger partial charge in [-0.25, -0.2) is 0 Å². The highest BCUT2D eigenvalue weighted by molar-refractivity contribution is 5.95. The van der Waals surface area contributed by atoms with Gasteiger partial charge in [0, 0.05) is 24.4 Å². The van der Waals surface area contributed by atoms with Crippen LogP contribution in [0, 0.1) is 0 Å². The van der Waals surface area contributed by atoms with Crippen molar-refractivity contribution < 1.29 is 14.3 Å². The van der Waals surface area contributed by atoms with Gasteiger partial charge in [0.25, 0.3) is 5.91 Å². The molecule has 1 unspecified atom stereocenters. The summed E-state index contributed by atoms with van der Waals surface area (Å²) < 4.78 is 5.04. The van der Waals surface area contributed by atoms with Crippen LogP contribution in [0.4, 0.5) is 0 Å². The third kappa shape index (κ3) is 3.09. The minimum Gasteiger partial charge on any atom is -0.497 e. The average Bonchev–Trinajstić information content (AvgIpc) is 2.39. The fourth-order valence-corrected chi connectivity index (χ4v) is 2.16. The molecule has 2 rings (SSSR count). The number of methoxy groups -OCH3 is 1. The van der Waals surface area contributed by atoms with Crippen molar-refractivity contribution >= 4 is 11.7 Å². The monoisotopic (exact) mass is 247 g/mol. The van der Waals surface area contributed by atoms with Gasteiger partial charge in [0.2, 0.25) is 0 Å². The molecule has 4 heteroatoms. The molecular weight excluding hydrogens is 230 g/mol. The number of benzene rings is 1. The van der Waals surface area contributed by atoms with Crippen molar-refractivity contribution in [3.05, 3.63) is 29.8 Å². The number of ether oxygens (including phenoxy) is 1. The molecule has 1 amide bonds. The normalized spacial score (nSPS) is 19.4. The molecule has 1 aliphatic rings. The first-order valence-corrected chi connectivity index (χ1v) is 6.15. The van der Waals surface area contributed by atoms with Crippen LogP contribution in [0.3, 0.4) is 0 Å². The van der Waals surface area contributed by atoms with E-state index >= 15 is 0 Å². The largest absolute Gasteiger partial charge is 0.497 e. The van der Waals surface area contributed by atoms with Gasteiger partial charge in [-0.05, 0) is 37.1 Å². The number of amides is 1. The van der Waals surface area contributed by atoms with E-state index in [4.69, 9.17) is 4.74 Å². The first kappa shape index (κ1) is 12.6.